The highest BCUT2D eigenvalue weighted by atomic mass is 19.1. The van der Waals surface area contributed by atoms with Gasteiger partial charge in [-0.1, -0.05) is 19.4 Å². The van der Waals surface area contributed by atoms with Gasteiger partial charge in [-0.15, -0.1) is 0 Å². The summed E-state index contributed by atoms with van der Waals surface area (Å²) in [6, 6.07) is 8.16. The second kappa shape index (κ2) is 6.48. The van der Waals surface area contributed by atoms with Crippen LogP contribution in [0.3, 0.4) is 0 Å². The quantitative estimate of drug-likeness (QED) is 0.646. The molecule has 2 nitrogen and oxygen atoms in total. The minimum Gasteiger partial charge on any atom is -0.398 e. The van der Waals surface area contributed by atoms with Gasteiger partial charge in [0.2, 0.25) is 0 Å². The third kappa shape index (κ3) is 3.45. The Balaban J connectivity index is 2.32. The van der Waals surface area contributed by atoms with Crippen molar-refractivity contribution in [1.29, 1.82) is 0 Å². The zero-order valence-electron chi connectivity index (χ0n) is 11.8. The summed E-state index contributed by atoms with van der Waals surface area (Å²) < 4.78 is 26.7. The Kier molecular flexibility index (Phi) is 4.68. The molecule has 0 saturated heterocycles. The van der Waals surface area contributed by atoms with E-state index >= 15 is 0 Å². The number of unbranched alkanes of at least 4 members (excludes halogenated alkanes) is 1. The Labute approximate surface area is 122 Å². The number of hydrogen-bond acceptors (Lipinski definition) is 2. The molecule has 4 heteroatoms. The van der Waals surface area contributed by atoms with Crippen LogP contribution in [-0.4, -0.2) is 5.78 Å². The molecule has 21 heavy (non-hydrogen) atoms. The molecular formula is C17H17F2NO. The van der Waals surface area contributed by atoms with Crippen molar-refractivity contribution in [1.82, 2.24) is 0 Å². The van der Waals surface area contributed by atoms with Crippen molar-refractivity contribution in [3.63, 3.8) is 0 Å². The number of anilines is 1. The fraction of sp³-hybridized carbons (Fsp3) is 0.235. The van der Waals surface area contributed by atoms with Crippen LogP contribution >= 0.6 is 0 Å². The number of Topliss-reactive ketones (excluding diaryl/α,β-unsaturated/α-hetero) is 1. The van der Waals surface area contributed by atoms with Crippen LogP contribution in [0.2, 0.25) is 0 Å². The predicted octanol–water partition coefficient (Wildman–Crippen LogP) is 4.59. The van der Waals surface area contributed by atoms with Crippen LogP contribution in [0.15, 0.2) is 36.4 Å². The van der Waals surface area contributed by atoms with Gasteiger partial charge >= 0.3 is 0 Å². The average Bonchev–Trinajstić information content (AvgIpc) is 2.44. The second-order valence-electron chi connectivity index (χ2n) is 4.95. The van der Waals surface area contributed by atoms with E-state index in [9.17, 15) is 13.6 Å². The smallest absolute Gasteiger partial charge is 0.164 e. The van der Waals surface area contributed by atoms with Crippen molar-refractivity contribution in [3.05, 3.63) is 53.6 Å². The molecule has 0 aliphatic rings. The molecule has 2 aromatic carbocycles. The van der Waals surface area contributed by atoms with Gasteiger partial charge < -0.3 is 5.73 Å². The first kappa shape index (κ1) is 15.2. The van der Waals surface area contributed by atoms with E-state index in [4.69, 9.17) is 5.73 Å². The van der Waals surface area contributed by atoms with E-state index in [1.54, 1.807) is 18.2 Å². The Morgan fingerprint density at radius 3 is 2.52 bits per heavy atom. The normalized spacial score (nSPS) is 10.6. The van der Waals surface area contributed by atoms with Crippen molar-refractivity contribution in [2.75, 3.05) is 5.73 Å². The lowest BCUT2D eigenvalue weighted by Crippen LogP contribution is -2.04. The molecule has 0 spiro atoms. The molecule has 0 bridgehead atoms. The molecule has 0 saturated carbocycles. The predicted molar refractivity (Wildman–Crippen MR) is 80.1 cm³/mol. The molecule has 0 aliphatic carbocycles. The average molecular weight is 289 g/mol. The number of benzene rings is 2. The molecule has 2 rings (SSSR count). The van der Waals surface area contributed by atoms with Crippen molar-refractivity contribution in [2.24, 2.45) is 0 Å². The monoisotopic (exact) mass is 289 g/mol. The van der Waals surface area contributed by atoms with E-state index in [0.717, 1.165) is 18.9 Å². The van der Waals surface area contributed by atoms with Gasteiger partial charge in [0, 0.05) is 29.3 Å². The number of hydrogen-bond donors (Lipinski definition) is 1. The van der Waals surface area contributed by atoms with Crippen LogP contribution in [0.1, 0.15) is 36.5 Å². The van der Waals surface area contributed by atoms with Gasteiger partial charge in [0.05, 0.1) is 0 Å². The molecule has 0 atom stereocenters. The zero-order valence-corrected chi connectivity index (χ0v) is 11.8. The van der Waals surface area contributed by atoms with Crippen LogP contribution < -0.4 is 5.73 Å². The van der Waals surface area contributed by atoms with E-state index in [0.29, 0.717) is 23.2 Å². The van der Waals surface area contributed by atoms with Crippen LogP contribution in [0, 0.1) is 11.6 Å². The molecule has 110 valence electrons. The summed E-state index contributed by atoms with van der Waals surface area (Å²) in [5, 5.41) is 0. The van der Waals surface area contributed by atoms with Gasteiger partial charge in [-0.3, -0.25) is 4.79 Å². The van der Waals surface area contributed by atoms with Gasteiger partial charge in [-0.2, -0.15) is 0 Å². The van der Waals surface area contributed by atoms with Gasteiger partial charge in [0.25, 0.3) is 0 Å². The number of halogens is 2. The molecule has 0 amide bonds. The molecule has 0 radical (unpaired) electrons. The Morgan fingerprint density at radius 2 is 1.90 bits per heavy atom. The van der Waals surface area contributed by atoms with E-state index < -0.39 is 11.6 Å². The maximum absolute atomic E-state index is 13.7. The van der Waals surface area contributed by atoms with Crippen molar-refractivity contribution >= 4 is 11.5 Å². The Bertz CT molecular complexity index is 668. The number of carbonyl (C=O) groups is 1. The summed E-state index contributed by atoms with van der Waals surface area (Å²) in [5.74, 6) is -1.30. The van der Waals surface area contributed by atoms with Crippen LogP contribution in [0.5, 0.6) is 0 Å². The van der Waals surface area contributed by atoms with Gasteiger partial charge in [-0.25, -0.2) is 8.78 Å². The second-order valence-corrected chi connectivity index (χ2v) is 4.95. The molecule has 2 N–H and O–H groups in total. The topological polar surface area (TPSA) is 43.1 Å². The molecule has 2 aromatic rings. The number of ketones is 1. The van der Waals surface area contributed by atoms with Crippen molar-refractivity contribution in [2.45, 2.75) is 26.2 Å². The highest BCUT2D eigenvalue weighted by Crippen LogP contribution is 2.27. The van der Waals surface area contributed by atoms with Crippen molar-refractivity contribution < 1.29 is 13.6 Å². The lowest BCUT2D eigenvalue weighted by Gasteiger charge is -2.09. The molecule has 0 fully saturated rings. The fourth-order valence-corrected chi connectivity index (χ4v) is 2.18. The van der Waals surface area contributed by atoms with Gasteiger partial charge in [-0.05, 0) is 36.2 Å². The van der Waals surface area contributed by atoms with Crippen LogP contribution in [-0.2, 0) is 0 Å². The fourth-order valence-electron chi connectivity index (χ4n) is 2.18. The molecule has 0 aromatic heterocycles. The number of carbonyl (C=O) groups excluding carboxylic acids is 1. The third-order valence-electron chi connectivity index (χ3n) is 3.35. The zero-order chi connectivity index (χ0) is 15.4. The van der Waals surface area contributed by atoms with Crippen molar-refractivity contribution in [3.8, 4) is 11.1 Å². The van der Waals surface area contributed by atoms with E-state index in [1.165, 1.54) is 12.1 Å². The van der Waals surface area contributed by atoms with E-state index in [2.05, 4.69) is 0 Å². The molecule has 0 unspecified atom stereocenters. The van der Waals surface area contributed by atoms with Gasteiger partial charge in [0.15, 0.2) is 5.78 Å². The number of nitrogen functional groups attached to an aromatic ring is 1. The first-order valence-corrected chi connectivity index (χ1v) is 6.91. The highest BCUT2D eigenvalue weighted by Gasteiger charge is 2.12. The number of nitrogens with two attached hydrogens (primary N) is 1. The Morgan fingerprint density at radius 1 is 1.14 bits per heavy atom. The maximum atomic E-state index is 13.7. The maximum Gasteiger partial charge on any atom is 0.164 e. The first-order chi connectivity index (χ1) is 10.0. The minimum atomic E-state index is -0.653. The summed E-state index contributed by atoms with van der Waals surface area (Å²) in [4.78, 5) is 12.0. The lowest BCUT2D eigenvalue weighted by molar-refractivity contribution is 0.0980. The number of rotatable bonds is 5. The summed E-state index contributed by atoms with van der Waals surface area (Å²) in [5.41, 5.74) is 7.45. The standard InChI is InChI=1S/C17H17F2NO/c1-2-3-4-17(21)14-7-5-11(9-16(14)20)13-8-6-12(18)10-15(13)19/h5-10H,2-4,20H2,1H3. The highest BCUT2D eigenvalue weighted by molar-refractivity contribution is 6.01. The summed E-state index contributed by atoms with van der Waals surface area (Å²) in [7, 11) is 0. The minimum absolute atomic E-state index is 0.0134. The summed E-state index contributed by atoms with van der Waals surface area (Å²) in [6.07, 6.45) is 2.20. The third-order valence-corrected chi connectivity index (χ3v) is 3.35. The van der Waals surface area contributed by atoms with E-state index in [-0.39, 0.29) is 11.3 Å². The van der Waals surface area contributed by atoms with E-state index in [1.807, 2.05) is 6.92 Å². The van der Waals surface area contributed by atoms with Crippen LogP contribution in [0.4, 0.5) is 14.5 Å². The SMILES string of the molecule is CCCCC(=O)c1ccc(-c2ccc(F)cc2F)cc1N. The largest absolute Gasteiger partial charge is 0.398 e. The van der Waals surface area contributed by atoms with Crippen LogP contribution in [0.25, 0.3) is 11.1 Å². The van der Waals surface area contributed by atoms with Gasteiger partial charge in [0.1, 0.15) is 11.6 Å². The summed E-state index contributed by atoms with van der Waals surface area (Å²) in [6.45, 7) is 2.01. The summed E-state index contributed by atoms with van der Waals surface area (Å²) >= 11 is 0. The first-order valence-electron chi connectivity index (χ1n) is 6.91. The Hall–Kier alpha value is -2.23. The molecule has 0 heterocycles. The molecular weight excluding hydrogens is 272 g/mol. The lowest BCUT2D eigenvalue weighted by atomic mass is 9.98. The molecule has 0 aliphatic heterocycles.